The van der Waals surface area contributed by atoms with Crippen LogP contribution in [0.3, 0.4) is 0 Å². The summed E-state index contributed by atoms with van der Waals surface area (Å²) in [7, 11) is 0. The van der Waals surface area contributed by atoms with Gasteiger partial charge in [-0.3, -0.25) is 0 Å². The molecule has 0 amide bonds. The maximum Gasteiger partial charge on any atom is 0.150 e. The van der Waals surface area contributed by atoms with Crippen LogP contribution in [0.1, 0.15) is 24.8 Å². The molecule has 0 bridgehead atoms. The molecule has 1 aliphatic heterocycles. The molecule has 3 aromatic rings. The normalized spacial score (nSPS) is 13.9. The van der Waals surface area contributed by atoms with Crippen LogP contribution in [-0.4, -0.2) is 31.1 Å². The van der Waals surface area contributed by atoms with Gasteiger partial charge in [0.2, 0.25) is 0 Å². The van der Waals surface area contributed by atoms with Gasteiger partial charge in [-0.2, -0.15) is 0 Å². The molecular formula is C26H30N2O2. The van der Waals surface area contributed by atoms with Crippen LogP contribution in [-0.2, 0) is 6.54 Å². The van der Waals surface area contributed by atoms with Crippen LogP contribution in [0.25, 0.3) is 0 Å². The van der Waals surface area contributed by atoms with Crippen LogP contribution in [0.5, 0.6) is 17.2 Å². The zero-order valence-electron chi connectivity index (χ0n) is 17.4. The van der Waals surface area contributed by atoms with E-state index >= 15 is 0 Å². The van der Waals surface area contributed by atoms with E-state index in [1.807, 2.05) is 54.6 Å². The molecular weight excluding hydrogens is 372 g/mol. The van der Waals surface area contributed by atoms with E-state index in [0.717, 1.165) is 49.1 Å². The van der Waals surface area contributed by atoms with Crippen molar-refractivity contribution in [1.82, 2.24) is 4.90 Å². The predicted octanol–water partition coefficient (Wildman–Crippen LogP) is 5.96. The molecule has 4 nitrogen and oxygen atoms in total. The van der Waals surface area contributed by atoms with E-state index in [4.69, 9.17) is 9.47 Å². The molecule has 1 saturated heterocycles. The quantitative estimate of drug-likeness (QED) is 0.425. The number of ether oxygens (including phenoxy) is 2. The number of rotatable bonds is 10. The van der Waals surface area contributed by atoms with Gasteiger partial charge in [0.15, 0.2) is 5.75 Å². The van der Waals surface area contributed by atoms with Crippen molar-refractivity contribution >= 4 is 5.69 Å². The molecule has 1 heterocycles. The Hall–Kier alpha value is -2.98. The number of nitrogens with one attached hydrogen (secondary N) is 1. The Morgan fingerprint density at radius 1 is 0.767 bits per heavy atom. The third kappa shape index (κ3) is 6.01. The summed E-state index contributed by atoms with van der Waals surface area (Å²) in [6.45, 7) is 5.15. The summed E-state index contributed by atoms with van der Waals surface area (Å²) < 4.78 is 11.9. The second-order valence-electron chi connectivity index (χ2n) is 7.66. The second-order valence-corrected chi connectivity index (χ2v) is 7.66. The number of nitrogens with zero attached hydrogens (tertiary/aromatic N) is 1. The lowest BCUT2D eigenvalue weighted by atomic mass is 10.2. The van der Waals surface area contributed by atoms with Crippen LogP contribution >= 0.6 is 0 Å². The van der Waals surface area contributed by atoms with Crippen molar-refractivity contribution in [2.24, 2.45) is 0 Å². The minimum absolute atomic E-state index is 0.727. The minimum atomic E-state index is 0.727. The molecule has 0 saturated carbocycles. The summed E-state index contributed by atoms with van der Waals surface area (Å²) in [6.07, 6.45) is 3.78. The summed E-state index contributed by atoms with van der Waals surface area (Å²) in [4.78, 5) is 2.53. The van der Waals surface area contributed by atoms with E-state index in [0.29, 0.717) is 0 Å². The summed E-state index contributed by atoms with van der Waals surface area (Å²) in [5.74, 6) is 2.59. The van der Waals surface area contributed by atoms with Gasteiger partial charge < -0.3 is 19.7 Å². The molecule has 156 valence electrons. The first-order valence-corrected chi connectivity index (χ1v) is 10.9. The molecule has 30 heavy (non-hydrogen) atoms. The van der Waals surface area contributed by atoms with Crippen LogP contribution in [0.15, 0.2) is 78.9 Å². The Bertz CT molecular complexity index is 890. The molecule has 4 heteroatoms. The van der Waals surface area contributed by atoms with Gasteiger partial charge in [0.05, 0.1) is 12.3 Å². The van der Waals surface area contributed by atoms with Crippen LogP contribution in [0.4, 0.5) is 5.69 Å². The average Bonchev–Trinajstić information content (AvgIpc) is 3.31. The van der Waals surface area contributed by atoms with Crippen molar-refractivity contribution in [3.8, 4) is 17.2 Å². The zero-order valence-corrected chi connectivity index (χ0v) is 17.4. The van der Waals surface area contributed by atoms with Crippen molar-refractivity contribution in [2.45, 2.75) is 25.8 Å². The van der Waals surface area contributed by atoms with E-state index in [1.165, 1.54) is 31.5 Å². The SMILES string of the molecule is c1ccc(Oc2ccccc2NCc2ccc(OCCCN3CCCC3)cc2)cc1. The fraction of sp³-hybridized carbons (Fsp3) is 0.308. The van der Waals surface area contributed by atoms with Crippen molar-refractivity contribution < 1.29 is 9.47 Å². The molecule has 0 aliphatic carbocycles. The van der Waals surface area contributed by atoms with Crippen molar-refractivity contribution in [3.05, 3.63) is 84.4 Å². The second kappa shape index (κ2) is 10.7. The summed E-state index contributed by atoms with van der Waals surface area (Å²) in [6, 6.07) is 26.2. The Morgan fingerprint density at radius 3 is 2.30 bits per heavy atom. The molecule has 1 N–H and O–H groups in total. The highest BCUT2D eigenvalue weighted by molar-refractivity contribution is 5.57. The molecule has 0 spiro atoms. The monoisotopic (exact) mass is 402 g/mol. The van der Waals surface area contributed by atoms with Gasteiger partial charge in [-0.05, 0) is 74.3 Å². The number of anilines is 1. The Balaban J connectivity index is 1.25. The molecule has 3 aromatic carbocycles. The largest absolute Gasteiger partial charge is 0.494 e. The average molecular weight is 403 g/mol. The van der Waals surface area contributed by atoms with E-state index < -0.39 is 0 Å². The topological polar surface area (TPSA) is 33.7 Å². The lowest BCUT2D eigenvalue weighted by Gasteiger charge is -2.15. The standard InChI is InChI=1S/C26H30N2O2/c1-2-9-24(10-3-1)30-26-12-5-4-11-25(26)27-21-22-13-15-23(16-14-22)29-20-8-19-28-17-6-7-18-28/h1-5,9-16,27H,6-8,17-21H2. The smallest absolute Gasteiger partial charge is 0.150 e. The minimum Gasteiger partial charge on any atom is -0.494 e. The summed E-state index contributed by atoms with van der Waals surface area (Å²) in [5.41, 5.74) is 2.18. The number of hydrogen-bond acceptors (Lipinski definition) is 4. The van der Waals surface area contributed by atoms with Crippen LogP contribution in [0.2, 0.25) is 0 Å². The number of likely N-dealkylation sites (tertiary alicyclic amines) is 1. The van der Waals surface area contributed by atoms with Crippen molar-refractivity contribution in [2.75, 3.05) is 31.6 Å². The molecule has 4 rings (SSSR count). The van der Waals surface area contributed by atoms with Gasteiger partial charge in [-0.15, -0.1) is 0 Å². The van der Waals surface area contributed by atoms with Crippen LogP contribution in [0, 0.1) is 0 Å². The third-order valence-corrected chi connectivity index (χ3v) is 5.35. The van der Waals surface area contributed by atoms with Crippen molar-refractivity contribution in [3.63, 3.8) is 0 Å². The first kappa shape index (κ1) is 20.3. The Kier molecular flexibility index (Phi) is 7.24. The van der Waals surface area contributed by atoms with E-state index in [9.17, 15) is 0 Å². The van der Waals surface area contributed by atoms with Gasteiger partial charge in [0.25, 0.3) is 0 Å². The van der Waals surface area contributed by atoms with E-state index in [2.05, 4.69) is 34.5 Å². The fourth-order valence-corrected chi connectivity index (χ4v) is 3.70. The van der Waals surface area contributed by atoms with Gasteiger partial charge in [-0.1, -0.05) is 42.5 Å². The zero-order chi connectivity index (χ0) is 20.4. The van der Waals surface area contributed by atoms with Gasteiger partial charge >= 0.3 is 0 Å². The maximum atomic E-state index is 6.02. The van der Waals surface area contributed by atoms with Gasteiger partial charge in [-0.25, -0.2) is 0 Å². The lowest BCUT2D eigenvalue weighted by Crippen LogP contribution is -2.21. The van der Waals surface area contributed by atoms with E-state index in [-0.39, 0.29) is 0 Å². The molecule has 1 fully saturated rings. The highest BCUT2D eigenvalue weighted by atomic mass is 16.5. The first-order valence-electron chi connectivity index (χ1n) is 10.9. The number of benzene rings is 3. The van der Waals surface area contributed by atoms with Crippen LogP contribution < -0.4 is 14.8 Å². The highest BCUT2D eigenvalue weighted by Gasteiger charge is 2.10. The third-order valence-electron chi connectivity index (χ3n) is 5.35. The Labute approximate surface area is 179 Å². The summed E-state index contributed by atoms with van der Waals surface area (Å²) in [5, 5.41) is 3.48. The molecule has 1 aliphatic rings. The van der Waals surface area contributed by atoms with Gasteiger partial charge in [0.1, 0.15) is 11.5 Å². The first-order chi connectivity index (χ1) is 14.9. The Morgan fingerprint density at radius 2 is 1.50 bits per heavy atom. The molecule has 0 radical (unpaired) electrons. The maximum absolute atomic E-state index is 6.02. The summed E-state index contributed by atoms with van der Waals surface area (Å²) >= 11 is 0. The number of hydrogen-bond donors (Lipinski definition) is 1. The molecule has 0 atom stereocenters. The van der Waals surface area contributed by atoms with E-state index in [1.54, 1.807) is 0 Å². The number of para-hydroxylation sites is 3. The molecule has 0 aromatic heterocycles. The van der Waals surface area contributed by atoms with Gasteiger partial charge in [0, 0.05) is 13.1 Å². The highest BCUT2D eigenvalue weighted by Crippen LogP contribution is 2.29. The van der Waals surface area contributed by atoms with Crippen molar-refractivity contribution in [1.29, 1.82) is 0 Å². The molecule has 0 unspecified atom stereocenters. The predicted molar refractivity (Wildman–Crippen MR) is 123 cm³/mol. The fourth-order valence-electron chi connectivity index (χ4n) is 3.70. The lowest BCUT2D eigenvalue weighted by molar-refractivity contribution is 0.263.